The molecular weight excluding hydrogens is 92.1 g/mol. The van der Waals surface area contributed by atoms with E-state index in [1.807, 2.05) is 16.8 Å². The van der Waals surface area contributed by atoms with Crippen LogP contribution in [0.1, 0.15) is 5.56 Å². The molecule has 0 N–H and O–H groups in total. The van der Waals surface area contributed by atoms with E-state index in [1.54, 1.807) is 11.3 Å². The predicted molar refractivity (Wildman–Crippen MR) is 28.8 cm³/mol. The summed E-state index contributed by atoms with van der Waals surface area (Å²) in [5, 5.41) is 4.03. The molecule has 0 fully saturated rings. The first kappa shape index (κ1) is 3.88. The highest BCUT2D eigenvalue weighted by molar-refractivity contribution is 7.08. The molecule has 0 aliphatic heterocycles. The van der Waals surface area contributed by atoms with Gasteiger partial charge in [0.25, 0.3) is 0 Å². The van der Waals surface area contributed by atoms with Gasteiger partial charge in [-0.05, 0) is 29.3 Å². The highest BCUT2D eigenvalue weighted by Crippen LogP contribution is 2.01. The van der Waals surface area contributed by atoms with Gasteiger partial charge in [-0.3, -0.25) is 0 Å². The highest BCUT2D eigenvalue weighted by Gasteiger charge is 1.74. The van der Waals surface area contributed by atoms with Crippen LogP contribution in [0.3, 0.4) is 0 Å². The summed E-state index contributed by atoms with van der Waals surface area (Å²) >= 11 is 1.68. The van der Waals surface area contributed by atoms with Gasteiger partial charge >= 0.3 is 0 Å². The zero-order chi connectivity index (χ0) is 4.41. The van der Waals surface area contributed by atoms with Crippen molar-refractivity contribution in [1.29, 1.82) is 0 Å². The molecule has 0 nitrogen and oxygen atoms in total. The number of hydrogen-bond acceptors (Lipinski definition) is 1. The Morgan fingerprint density at radius 1 is 1.67 bits per heavy atom. The van der Waals surface area contributed by atoms with Gasteiger partial charge in [-0.15, -0.1) is 0 Å². The van der Waals surface area contributed by atoms with Crippen molar-refractivity contribution in [3.63, 3.8) is 0 Å². The second-order valence-electron chi connectivity index (χ2n) is 1.13. The van der Waals surface area contributed by atoms with Crippen LogP contribution in [0, 0.1) is 6.92 Å². The molecule has 1 radical (unpaired) electrons. The quantitative estimate of drug-likeness (QED) is 0.464. The molecule has 6 heavy (non-hydrogen) atoms. The Kier molecular flexibility index (Phi) is 0.926. The van der Waals surface area contributed by atoms with Gasteiger partial charge < -0.3 is 0 Å². The Balaban J connectivity index is 3.05. The summed E-state index contributed by atoms with van der Waals surface area (Å²) < 4.78 is 0. The maximum Gasteiger partial charge on any atom is -0.00611 e. The van der Waals surface area contributed by atoms with Crippen LogP contribution in [-0.2, 0) is 0 Å². The van der Waals surface area contributed by atoms with Crippen LogP contribution in [0.5, 0.6) is 0 Å². The fourth-order valence-electron chi connectivity index (χ4n) is 0.293. The fraction of sp³-hybridized carbons (Fsp3) is 0. The number of thiophene rings is 1. The summed E-state index contributed by atoms with van der Waals surface area (Å²) in [6.07, 6.45) is 0. The molecule has 0 saturated carbocycles. The standard InChI is InChI=1S/C5H5S/c1-5-2-3-6-4-5/h2-4H,1H2. The average Bonchev–Trinajstić information content (AvgIpc) is 1.86. The molecule has 1 heteroatoms. The van der Waals surface area contributed by atoms with Crippen molar-refractivity contribution in [2.45, 2.75) is 0 Å². The summed E-state index contributed by atoms with van der Waals surface area (Å²) in [4.78, 5) is 0. The Labute approximate surface area is 41.4 Å². The van der Waals surface area contributed by atoms with Crippen molar-refractivity contribution in [3.8, 4) is 0 Å². The van der Waals surface area contributed by atoms with E-state index in [4.69, 9.17) is 0 Å². The zero-order valence-corrected chi connectivity index (χ0v) is 4.16. The molecule has 0 aromatic carbocycles. The maximum atomic E-state index is 3.69. The second kappa shape index (κ2) is 1.43. The summed E-state index contributed by atoms with van der Waals surface area (Å²) in [5.74, 6) is 0. The van der Waals surface area contributed by atoms with E-state index >= 15 is 0 Å². The molecule has 0 bridgehead atoms. The maximum absolute atomic E-state index is 3.69. The molecule has 0 amide bonds. The van der Waals surface area contributed by atoms with E-state index in [-0.39, 0.29) is 0 Å². The summed E-state index contributed by atoms with van der Waals surface area (Å²) in [6.45, 7) is 3.69. The van der Waals surface area contributed by atoms with Crippen molar-refractivity contribution >= 4 is 11.3 Å². The molecule has 0 aliphatic carbocycles. The van der Waals surface area contributed by atoms with Crippen molar-refractivity contribution in [1.82, 2.24) is 0 Å². The minimum atomic E-state index is 1.11. The van der Waals surface area contributed by atoms with Crippen molar-refractivity contribution in [2.75, 3.05) is 0 Å². The molecule has 1 rings (SSSR count). The van der Waals surface area contributed by atoms with Gasteiger partial charge in [-0.1, -0.05) is 0 Å². The van der Waals surface area contributed by atoms with Crippen molar-refractivity contribution < 1.29 is 0 Å². The molecule has 1 aromatic rings. The smallest absolute Gasteiger partial charge is 0.00611 e. The Morgan fingerprint density at radius 3 is 2.67 bits per heavy atom. The lowest BCUT2D eigenvalue weighted by molar-refractivity contribution is 1.80. The number of hydrogen-bond donors (Lipinski definition) is 0. The van der Waals surface area contributed by atoms with E-state index in [9.17, 15) is 0 Å². The van der Waals surface area contributed by atoms with Gasteiger partial charge in [-0.2, -0.15) is 11.3 Å². The first-order chi connectivity index (χ1) is 2.89. The van der Waals surface area contributed by atoms with Crippen LogP contribution in [0.4, 0.5) is 0 Å². The second-order valence-corrected chi connectivity index (χ2v) is 1.91. The highest BCUT2D eigenvalue weighted by atomic mass is 32.1. The van der Waals surface area contributed by atoms with Gasteiger partial charge in [0.2, 0.25) is 0 Å². The Hall–Kier alpha value is -0.300. The van der Waals surface area contributed by atoms with Crippen LogP contribution in [0.25, 0.3) is 0 Å². The molecule has 0 aliphatic rings. The topological polar surface area (TPSA) is 0 Å². The molecular formula is C5H5S. The summed E-state index contributed by atoms with van der Waals surface area (Å²) in [7, 11) is 0. The minimum absolute atomic E-state index is 1.11. The van der Waals surface area contributed by atoms with Crippen LogP contribution >= 0.6 is 11.3 Å². The molecule has 0 atom stereocenters. The Bertz CT molecular complexity index is 107. The van der Waals surface area contributed by atoms with Gasteiger partial charge in [0.15, 0.2) is 0 Å². The number of rotatable bonds is 0. The summed E-state index contributed by atoms with van der Waals surface area (Å²) in [5.41, 5.74) is 1.11. The zero-order valence-electron chi connectivity index (χ0n) is 3.35. The molecule has 31 valence electrons. The van der Waals surface area contributed by atoms with Gasteiger partial charge in [0, 0.05) is 0 Å². The lowest BCUT2D eigenvalue weighted by atomic mass is 10.4. The monoisotopic (exact) mass is 97.0 g/mol. The molecule has 0 saturated heterocycles. The molecule has 1 heterocycles. The summed E-state index contributed by atoms with van der Waals surface area (Å²) in [6, 6.07) is 1.99. The lowest BCUT2D eigenvalue weighted by Gasteiger charge is -1.65. The van der Waals surface area contributed by atoms with E-state index in [0.717, 1.165) is 5.56 Å². The lowest BCUT2D eigenvalue weighted by Crippen LogP contribution is -1.47. The van der Waals surface area contributed by atoms with Crippen molar-refractivity contribution in [3.05, 3.63) is 29.3 Å². The van der Waals surface area contributed by atoms with Gasteiger partial charge in [-0.25, -0.2) is 0 Å². The van der Waals surface area contributed by atoms with E-state index < -0.39 is 0 Å². The molecule has 0 unspecified atom stereocenters. The van der Waals surface area contributed by atoms with Crippen LogP contribution < -0.4 is 0 Å². The molecule has 0 spiro atoms. The third-order valence-corrected chi connectivity index (χ3v) is 1.31. The first-order valence-corrected chi connectivity index (χ1v) is 2.68. The average molecular weight is 97.2 g/mol. The van der Waals surface area contributed by atoms with Gasteiger partial charge in [0.1, 0.15) is 0 Å². The van der Waals surface area contributed by atoms with Crippen LogP contribution in [-0.4, -0.2) is 0 Å². The Morgan fingerprint density at radius 2 is 2.50 bits per heavy atom. The van der Waals surface area contributed by atoms with E-state index in [2.05, 4.69) is 6.92 Å². The van der Waals surface area contributed by atoms with E-state index in [0.29, 0.717) is 0 Å². The SMILES string of the molecule is [CH2]c1ccsc1. The fourth-order valence-corrected chi connectivity index (χ4v) is 0.878. The predicted octanol–water partition coefficient (Wildman–Crippen LogP) is 1.93. The van der Waals surface area contributed by atoms with Gasteiger partial charge in [0.05, 0.1) is 0 Å². The largest absolute Gasteiger partial charge is 0.152 e. The van der Waals surface area contributed by atoms with Crippen molar-refractivity contribution in [2.24, 2.45) is 0 Å². The normalized spacial score (nSPS) is 8.83. The minimum Gasteiger partial charge on any atom is -0.152 e. The molecule has 1 aromatic heterocycles. The van der Waals surface area contributed by atoms with Crippen LogP contribution in [0.2, 0.25) is 0 Å². The third-order valence-electron chi connectivity index (χ3n) is 0.580. The van der Waals surface area contributed by atoms with E-state index in [1.165, 1.54) is 0 Å². The first-order valence-electron chi connectivity index (χ1n) is 1.74. The third kappa shape index (κ3) is 0.601. The van der Waals surface area contributed by atoms with Crippen LogP contribution in [0.15, 0.2) is 16.8 Å².